The lowest BCUT2D eigenvalue weighted by Crippen LogP contribution is -2.42. The van der Waals surface area contributed by atoms with Gasteiger partial charge in [0.05, 0.1) is 6.61 Å². The molecule has 2 atom stereocenters. The van der Waals surface area contributed by atoms with E-state index >= 15 is 0 Å². The zero-order valence-electron chi connectivity index (χ0n) is 10.4. The van der Waals surface area contributed by atoms with Crippen molar-refractivity contribution >= 4 is 0 Å². The van der Waals surface area contributed by atoms with Crippen LogP contribution in [0.2, 0.25) is 0 Å². The highest BCUT2D eigenvalue weighted by atomic mass is 16.3. The molecule has 0 aromatic rings. The van der Waals surface area contributed by atoms with Gasteiger partial charge in [0.1, 0.15) is 0 Å². The van der Waals surface area contributed by atoms with E-state index in [0.717, 1.165) is 26.2 Å². The summed E-state index contributed by atoms with van der Waals surface area (Å²) in [5.41, 5.74) is 0. The molecule has 0 rings (SSSR count). The topological polar surface area (TPSA) is 35.5 Å². The fourth-order valence-electron chi connectivity index (χ4n) is 1.66. The van der Waals surface area contributed by atoms with Crippen LogP contribution in [0.4, 0.5) is 0 Å². The molecule has 2 N–H and O–H groups in total. The Balaban J connectivity index is 4.07. The number of aliphatic hydroxyl groups excluding tert-OH is 1. The van der Waals surface area contributed by atoms with Crippen LogP contribution in [-0.4, -0.2) is 48.8 Å². The van der Waals surface area contributed by atoms with Crippen LogP contribution in [0.1, 0.15) is 20.8 Å². The smallest absolute Gasteiger partial charge is 0.0558 e. The third kappa shape index (κ3) is 5.92. The molecule has 0 saturated heterocycles. The highest BCUT2D eigenvalue weighted by Crippen LogP contribution is 2.09. The summed E-state index contributed by atoms with van der Waals surface area (Å²) in [6, 6.07) is 0.467. The van der Waals surface area contributed by atoms with Gasteiger partial charge < -0.3 is 10.4 Å². The summed E-state index contributed by atoms with van der Waals surface area (Å²) in [4.78, 5) is 2.26. The number of rotatable bonds is 9. The molecule has 2 unspecified atom stereocenters. The lowest BCUT2D eigenvalue weighted by molar-refractivity contribution is 0.139. The minimum absolute atomic E-state index is 0.214. The maximum Gasteiger partial charge on any atom is 0.0558 e. The molecule has 90 valence electrons. The lowest BCUT2D eigenvalue weighted by atomic mass is 10.0. The molecule has 0 aliphatic carbocycles. The number of nitrogens with zero attached hydrogens (tertiary/aromatic N) is 1. The molecule has 0 aromatic heterocycles. The number of aliphatic hydroxyl groups is 1. The zero-order valence-corrected chi connectivity index (χ0v) is 10.4. The summed E-state index contributed by atoms with van der Waals surface area (Å²) in [7, 11) is 0. The van der Waals surface area contributed by atoms with Crippen LogP contribution in [0, 0.1) is 5.92 Å². The van der Waals surface area contributed by atoms with Gasteiger partial charge in [-0.2, -0.15) is 0 Å². The Morgan fingerprint density at radius 3 is 2.60 bits per heavy atom. The van der Waals surface area contributed by atoms with Gasteiger partial charge in [-0.05, 0) is 25.9 Å². The molecule has 0 fully saturated rings. The molecule has 0 spiro atoms. The van der Waals surface area contributed by atoms with E-state index in [0.29, 0.717) is 12.0 Å². The van der Waals surface area contributed by atoms with E-state index < -0.39 is 0 Å². The van der Waals surface area contributed by atoms with E-state index in [1.54, 1.807) is 0 Å². The SMILES string of the molecule is C=CCN(CCO)C(C)C(C)CNCC. The quantitative estimate of drug-likeness (QED) is 0.564. The largest absolute Gasteiger partial charge is 0.395 e. The van der Waals surface area contributed by atoms with E-state index in [1.807, 2.05) is 6.08 Å². The second kappa shape index (κ2) is 8.89. The van der Waals surface area contributed by atoms with Crippen LogP contribution in [-0.2, 0) is 0 Å². The van der Waals surface area contributed by atoms with E-state index in [1.165, 1.54) is 0 Å². The van der Waals surface area contributed by atoms with Crippen LogP contribution in [0.15, 0.2) is 12.7 Å². The predicted octanol–water partition coefficient (Wildman–Crippen LogP) is 1.10. The summed E-state index contributed by atoms with van der Waals surface area (Å²) < 4.78 is 0. The Morgan fingerprint density at radius 2 is 2.13 bits per heavy atom. The van der Waals surface area contributed by atoms with Crippen molar-refractivity contribution < 1.29 is 5.11 Å². The summed E-state index contributed by atoms with van der Waals surface area (Å²) >= 11 is 0. The van der Waals surface area contributed by atoms with Crippen molar-refractivity contribution in [3.05, 3.63) is 12.7 Å². The second-order valence-electron chi connectivity index (χ2n) is 4.03. The average molecular weight is 214 g/mol. The molecule has 3 nitrogen and oxygen atoms in total. The van der Waals surface area contributed by atoms with Gasteiger partial charge in [-0.1, -0.05) is 19.9 Å². The van der Waals surface area contributed by atoms with Crippen LogP contribution < -0.4 is 5.32 Å². The van der Waals surface area contributed by atoms with Gasteiger partial charge in [0.25, 0.3) is 0 Å². The first-order valence-corrected chi connectivity index (χ1v) is 5.83. The molecule has 0 bridgehead atoms. The maximum absolute atomic E-state index is 8.98. The van der Waals surface area contributed by atoms with Gasteiger partial charge in [0.2, 0.25) is 0 Å². The molecular formula is C12H26N2O. The fraction of sp³-hybridized carbons (Fsp3) is 0.833. The zero-order chi connectivity index (χ0) is 11.7. The van der Waals surface area contributed by atoms with Gasteiger partial charge in [0, 0.05) is 19.1 Å². The van der Waals surface area contributed by atoms with Crippen molar-refractivity contribution in [3.8, 4) is 0 Å². The fourth-order valence-corrected chi connectivity index (χ4v) is 1.66. The third-order valence-electron chi connectivity index (χ3n) is 2.87. The predicted molar refractivity (Wildman–Crippen MR) is 66.0 cm³/mol. The summed E-state index contributed by atoms with van der Waals surface area (Å²) in [5.74, 6) is 0.580. The summed E-state index contributed by atoms with van der Waals surface area (Å²) in [6.07, 6.45) is 1.89. The summed E-state index contributed by atoms with van der Waals surface area (Å²) in [5, 5.41) is 12.3. The molecule has 0 aromatic carbocycles. The van der Waals surface area contributed by atoms with E-state index in [2.05, 4.69) is 37.6 Å². The van der Waals surface area contributed by atoms with Crippen molar-refractivity contribution in [2.75, 3.05) is 32.8 Å². The Bertz CT molecular complexity index is 162. The number of hydrogen-bond acceptors (Lipinski definition) is 3. The van der Waals surface area contributed by atoms with Gasteiger partial charge in [-0.3, -0.25) is 4.90 Å². The van der Waals surface area contributed by atoms with Crippen molar-refractivity contribution in [3.63, 3.8) is 0 Å². The van der Waals surface area contributed by atoms with Gasteiger partial charge in [-0.25, -0.2) is 0 Å². The third-order valence-corrected chi connectivity index (χ3v) is 2.87. The molecule has 3 heteroatoms. The standard InChI is InChI=1S/C12H26N2O/c1-5-7-14(8-9-15)12(4)11(3)10-13-6-2/h5,11-13,15H,1,6-10H2,2-4H3. The molecule has 0 aliphatic heterocycles. The molecule has 0 radical (unpaired) electrons. The molecular weight excluding hydrogens is 188 g/mol. The first kappa shape index (κ1) is 14.6. The minimum Gasteiger partial charge on any atom is -0.395 e. The van der Waals surface area contributed by atoms with Gasteiger partial charge in [0.15, 0.2) is 0 Å². The maximum atomic E-state index is 8.98. The Kier molecular flexibility index (Phi) is 8.67. The summed E-state index contributed by atoms with van der Waals surface area (Å²) in [6.45, 7) is 14.1. The van der Waals surface area contributed by atoms with Crippen LogP contribution >= 0.6 is 0 Å². The monoisotopic (exact) mass is 214 g/mol. The molecule has 15 heavy (non-hydrogen) atoms. The van der Waals surface area contributed by atoms with E-state index in [9.17, 15) is 0 Å². The molecule has 0 heterocycles. The highest BCUT2D eigenvalue weighted by molar-refractivity contribution is 4.80. The van der Waals surface area contributed by atoms with Crippen molar-refractivity contribution in [2.24, 2.45) is 5.92 Å². The number of nitrogens with one attached hydrogen (secondary N) is 1. The first-order valence-electron chi connectivity index (χ1n) is 5.83. The highest BCUT2D eigenvalue weighted by Gasteiger charge is 2.18. The minimum atomic E-state index is 0.214. The normalized spacial score (nSPS) is 15.3. The van der Waals surface area contributed by atoms with Gasteiger partial charge >= 0.3 is 0 Å². The second-order valence-corrected chi connectivity index (χ2v) is 4.03. The van der Waals surface area contributed by atoms with Crippen molar-refractivity contribution in [1.29, 1.82) is 0 Å². The van der Waals surface area contributed by atoms with Crippen molar-refractivity contribution in [2.45, 2.75) is 26.8 Å². The Labute approximate surface area is 94.2 Å². The van der Waals surface area contributed by atoms with Gasteiger partial charge in [-0.15, -0.1) is 6.58 Å². The van der Waals surface area contributed by atoms with Crippen LogP contribution in [0.25, 0.3) is 0 Å². The Hall–Kier alpha value is -0.380. The average Bonchev–Trinajstić information content (AvgIpc) is 2.24. The van der Waals surface area contributed by atoms with Crippen molar-refractivity contribution in [1.82, 2.24) is 10.2 Å². The number of hydrogen-bond donors (Lipinski definition) is 2. The lowest BCUT2D eigenvalue weighted by Gasteiger charge is -2.32. The molecule has 0 saturated carbocycles. The molecule has 0 aliphatic rings. The first-order chi connectivity index (χ1) is 7.17. The van der Waals surface area contributed by atoms with Crippen LogP contribution in [0.3, 0.4) is 0 Å². The van der Waals surface area contributed by atoms with Crippen LogP contribution in [0.5, 0.6) is 0 Å². The molecule has 0 amide bonds. The Morgan fingerprint density at radius 1 is 1.47 bits per heavy atom. The van der Waals surface area contributed by atoms with E-state index in [-0.39, 0.29) is 6.61 Å². The van der Waals surface area contributed by atoms with E-state index in [4.69, 9.17) is 5.11 Å².